The van der Waals surface area contributed by atoms with Gasteiger partial charge in [-0.1, -0.05) is 5.11 Å². The summed E-state index contributed by atoms with van der Waals surface area (Å²) in [4.78, 5) is 10.6. The minimum absolute atomic E-state index is 0.153. The molecule has 0 aromatic carbocycles. The number of hydrogen-bond donors (Lipinski definition) is 0. The maximum atomic E-state index is 8.08. The van der Waals surface area contributed by atoms with Crippen molar-refractivity contribution in [3.05, 3.63) is 34.7 Å². The number of azide groups is 1. The van der Waals surface area contributed by atoms with Crippen LogP contribution in [0.2, 0.25) is 0 Å². The van der Waals surface area contributed by atoms with Crippen molar-refractivity contribution in [1.82, 2.24) is 19.6 Å². The van der Waals surface area contributed by atoms with Crippen molar-refractivity contribution in [1.29, 1.82) is 0 Å². The molecule has 2 heterocycles. The molecular formula is C6H5N7. The van der Waals surface area contributed by atoms with Crippen molar-refractivity contribution < 1.29 is 0 Å². The second kappa shape index (κ2) is 3.08. The number of fused-ring (bicyclic) bond motifs is 1. The van der Waals surface area contributed by atoms with Crippen LogP contribution in [0.3, 0.4) is 0 Å². The van der Waals surface area contributed by atoms with Gasteiger partial charge in [0.15, 0.2) is 5.82 Å². The van der Waals surface area contributed by atoms with Crippen LogP contribution in [-0.2, 0) is 6.54 Å². The fourth-order valence-corrected chi connectivity index (χ4v) is 0.938. The molecule has 0 aliphatic carbocycles. The Morgan fingerprint density at radius 2 is 2.54 bits per heavy atom. The molecule has 13 heavy (non-hydrogen) atoms. The van der Waals surface area contributed by atoms with Crippen LogP contribution in [0.25, 0.3) is 16.2 Å². The third kappa shape index (κ3) is 1.40. The number of nitrogens with zero attached hydrogens (tertiary/aromatic N) is 7. The van der Waals surface area contributed by atoms with Gasteiger partial charge in [0.2, 0.25) is 0 Å². The highest BCUT2D eigenvalue weighted by Crippen LogP contribution is 1.97. The Hall–Kier alpha value is -2.14. The van der Waals surface area contributed by atoms with Crippen LogP contribution < -0.4 is 0 Å². The zero-order valence-corrected chi connectivity index (χ0v) is 6.57. The lowest BCUT2D eigenvalue weighted by molar-refractivity contribution is 0.860. The van der Waals surface area contributed by atoms with Crippen molar-refractivity contribution in [2.75, 3.05) is 0 Å². The highest BCUT2D eigenvalue weighted by atomic mass is 15.3. The molecule has 7 nitrogen and oxygen atoms in total. The number of rotatable bonds is 2. The van der Waals surface area contributed by atoms with Crippen LogP contribution in [0.1, 0.15) is 5.82 Å². The van der Waals surface area contributed by atoms with E-state index in [2.05, 4.69) is 25.1 Å². The molecule has 0 saturated heterocycles. The summed E-state index contributed by atoms with van der Waals surface area (Å²) in [6.07, 6.45) is 3.36. The zero-order valence-electron chi connectivity index (χ0n) is 6.57. The molecule has 0 unspecified atom stereocenters. The van der Waals surface area contributed by atoms with E-state index in [-0.39, 0.29) is 6.54 Å². The van der Waals surface area contributed by atoms with Gasteiger partial charge in [-0.25, -0.2) is 9.50 Å². The fraction of sp³-hybridized carbons (Fsp3) is 0.167. The Bertz CT molecular complexity index is 434. The van der Waals surface area contributed by atoms with E-state index < -0.39 is 0 Å². The second-order valence-corrected chi connectivity index (χ2v) is 2.28. The molecule has 0 bridgehead atoms. The van der Waals surface area contributed by atoms with E-state index in [0.29, 0.717) is 11.6 Å². The van der Waals surface area contributed by atoms with Crippen molar-refractivity contribution >= 4 is 5.78 Å². The predicted molar refractivity (Wildman–Crippen MR) is 43.6 cm³/mol. The monoisotopic (exact) mass is 175 g/mol. The molecule has 2 aromatic heterocycles. The van der Waals surface area contributed by atoms with E-state index in [0.717, 1.165) is 0 Å². The first-order chi connectivity index (χ1) is 6.40. The average molecular weight is 175 g/mol. The Kier molecular flexibility index (Phi) is 1.78. The molecule has 0 aliphatic heterocycles. The molecule has 0 aliphatic rings. The smallest absolute Gasteiger partial charge is 0.220 e. The first-order valence-electron chi connectivity index (χ1n) is 3.57. The van der Waals surface area contributed by atoms with E-state index in [9.17, 15) is 0 Å². The molecule has 64 valence electrons. The van der Waals surface area contributed by atoms with Gasteiger partial charge in [-0.2, -0.15) is 4.98 Å². The van der Waals surface area contributed by atoms with E-state index >= 15 is 0 Å². The maximum absolute atomic E-state index is 8.08. The predicted octanol–water partition coefficient (Wildman–Crippen LogP) is 0.935. The van der Waals surface area contributed by atoms with Gasteiger partial charge in [0.05, 0.1) is 6.54 Å². The molecule has 2 aromatic rings. The Balaban J connectivity index is 2.43. The van der Waals surface area contributed by atoms with Gasteiger partial charge in [0.1, 0.15) is 0 Å². The highest BCUT2D eigenvalue weighted by molar-refractivity contribution is 5.24. The molecule has 2 rings (SSSR count). The lowest BCUT2D eigenvalue weighted by Crippen LogP contribution is -1.87. The minimum atomic E-state index is 0.153. The molecule has 0 atom stereocenters. The van der Waals surface area contributed by atoms with Gasteiger partial charge in [-0.3, -0.25) is 0 Å². The molecule has 0 amide bonds. The van der Waals surface area contributed by atoms with Crippen molar-refractivity contribution in [2.45, 2.75) is 6.54 Å². The zero-order chi connectivity index (χ0) is 9.10. The Labute approximate surface area is 72.7 Å². The quantitative estimate of drug-likeness (QED) is 0.386. The molecule has 0 fully saturated rings. The first kappa shape index (κ1) is 7.51. The summed E-state index contributed by atoms with van der Waals surface area (Å²) in [5, 5.41) is 7.38. The van der Waals surface area contributed by atoms with E-state index in [1.54, 1.807) is 18.5 Å². The lowest BCUT2D eigenvalue weighted by atomic mass is 10.6. The van der Waals surface area contributed by atoms with Crippen molar-refractivity contribution in [3.8, 4) is 0 Å². The summed E-state index contributed by atoms with van der Waals surface area (Å²) in [7, 11) is 0. The van der Waals surface area contributed by atoms with Crippen molar-refractivity contribution in [2.24, 2.45) is 5.11 Å². The Morgan fingerprint density at radius 1 is 1.62 bits per heavy atom. The largest absolute Gasteiger partial charge is 0.252 e. The van der Waals surface area contributed by atoms with Gasteiger partial charge in [-0.15, -0.1) is 5.10 Å². The molecule has 0 N–H and O–H groups in total. The van der Waals surface area contributed by atoms with E-state index in [1.165, 1.54) is 4.52 Å². The number of hydrogen-bond acceptors (Lipinski definition) is 4. The molecule has 7 heteroatoms. The highest BCUT2D eigenvalue weighted by Gasteiger charge is 2.00. The Morgan fingerprint density at radius 3 is 3.31 bits per heavy atom. The van der Waals surface area contributed by atoms with Gasteiger partial charge < -0.3 is 0 Å². The summed E-state index contributed by atoms with van der Waals surface area (Å²) in [5.74, 6) is 0.974. The summed E-state index contributed by atoms with van der Waals surface area (Å²) in [6, 6.07) is 1.75. The van der Waals surface area contributed by atoms with Crippen LogP contribution in [0.15, 0.2) is 23.6 Å². The standard InChI is InChI=1S/C6H5N7/c7-12-9-4-5-10-6-8-2-1-3-13(6)11-5/h1-3H,4H2. The second-order valence-electron chi connectivity index (χ2n) is 2.28. The van der Waals surface area contributed by atoms with Crippen LogP contribution in [-0.4, -0.2) is 19.6 Å². The summed E-state index contributed by atoms with van der Waals surface area (Å²) in [5.41, 5.74) is 8.08. The molecule has 0 radical (unpaired) electrons. The number of aromatic nitrogens is 4. The van der Waals surface area contributed by atoms with Crippen LogP contribution in [0.5, 0.6) is 0 Å². The summed E-state index contributed by atoms with van der Waals surface area (Å²) < 4.78 is 1.53. The first-order valence-corrected chi connectivity index (χ1v) is 3.57. The SMILES string of the molecule is [N-]=[N+]=NCc1nc2ncccn2n1. The lowest BCUT2D eigenvalue weighted by Gasteiger charge is -1.84. The van der Waals surface area contributed by atoms with Crippen LogP contribution >= 0.6 is 0 Å². The third-order valence-corrected chi connectivity index (χ3v) is 1.44. The van der Waals surface area contributed by atoms with Crippen molar-refractivity contribution in [3.63, 3.8) is 0 Å². The molecule has 0 spiro atoms. The van der Waals surface area contributed by atoms with Crippen LogP contribution in [0.4, 0.5) is 0 Å². The van der Waals surface area contributed by atoms with Gasteiger partial charge in [-0.05, 0) is 11.6 Å². The normalized spacial score (nSPS) is 9.85. The topological polar surface area (TPSA) is 91.8 Å². The van der Waals surface area contributed by atoms with Crippen LogP contribution in [0, 0.1) is 0 Å². The summed E-state index contributed by atoms with van der Waals surface area (Å²) in [6.45, 7) is 0.153. The molecular weight excluding hydrogens is 170 g/mol. The van der Waals surface area contributed by atoms with Gasteiger partial charge in [0, 0.05) is 17.3 Å². The van der Waals surface area contributed by atoms with E-state index in [4.69, 9.17) is 5.53 Å². The van der Waals surface area contributed by atoms with Gasteiger partial charge in [0.25, 0.3) is 5.78 Å². The maximum Gasteiger partial charge on any atom is 0.252 e. The molecule has 0 saturated carbocycles. The summed E-state index contributed by atoms with van der Waals surface area (Å²) >= 11 is 0. The van der Waals surface area contributed by atoms with Gasteiger partial charge >= 0.3 is 0 Å². The minimum Gasteiger partial charge on any atom is -0.220 e. The van der Waals surface area contributed by atoms with E-state index in [1.807, 2.05) is 0 Å². The fourth-order valence-electron chi connectivity index (χ4n) is 0.938. The third-order valence-electron chi connectivity index (χ3n) is 1.44. The average Bonchev–Trinajstić information content (AvgIpc) is 2.57.